The minimum absolute atomic E-state index is 0.0339. The van der Waals surface area contributed by atoms with E-state index in [-0.39, 0.29) is 17.2 Å². The Kier molecular flexibility index (Phi) is 5.10. The third kappa shape index (κ3) is 3.78. The molecule has 0 N–H and O–H groups in total. The summed E-state index contributed by atoms with van der Waals surface area (Å²) in [5.41, 5.74) is 2.27. The molecule has 22 heavy (non-hydrogen) atoms. The zero-order valence-corrected chi connectivity index (χ0v) is 14.6. The van der Waals surface area contributed by atoms with E-state index in [1.165, 1.54) is 5.56 Å². The molecule has 2 rings (SSSR count). The van der Waals surface area contributed by atoms with Crippen LogP contribution in [0.4, 0.5) is 0 Å². The second-order valence-electron chi connectivity index (χ2n) is 7.39. The molecular formula is C19H29NO2. The Labute approximate surface area is 134 Å². The SMILES string of the molecule is C=Cc1ccc(COC2CC(C)(C)N(OC)C(C)(C)C2)cc1. The second-order valence-corrected chi connectivity index (χ2v) is 7.39. The topological polar surface area (TPSA) is 21.7 Å². The Balaban J connectivity index is 1.99. The second kappa shape index (κ2) is 6.53. The summed E-state index contributed by atoms with van der Waals surface area (Å²) < 4.78 is 6.20. The van der Waals surface area contributed by atoms with E-state index in [0.717, 1.165) is 18.4 Å². The Bertz CT molecular complexity index is 487. The molecule has 0 aliphatic carbocycles. The molecule has 1 aliphatic rings. The van der Waals surface area contributed by atoms with Crippen molar-refractivity contribution < 1.29 is 9.57 Å². The lowest BCUT2D eigenvalue weighted by molar-refractivity contribution is -0.280. The van der Waals surface area contributed by atoms with Gasteiger partial charge in [0.1, 0.15) is 0 Å². The van der Waals surface area contributed by atoms with Crippen molar-refractivity contribution >= 4 is 6.08 Å². The van der Waals surface area contributed by atoms with Crippen molar-refractivity contribution in [3.63, 3.8) is 0 Å². The number of piperidine rings is 1. The highest BCUT2D eigenvalue weighted by Gasteiger charge is 2.46. The quantitative estimate of drug-likeness (QED) is 0.803. The van der Waals surface area contributed by atoms with Gasteiger partial charge in [-0.2, -0.15) is 5.06 Å². The lowest BCUT2D eigenvalue weighted by atomic mass is 9.80. The largest absolute Gasteiger partial charge is 0.373 e. The van der Waals surface area contributed by atoms with Crippen molar-refractivity contribution in [1.29, 1.82) is 0 Å². The summed E-state index contributed by atoms with van der Waals surface area (Å²) in [5, 5.41) is 2.11. The van der Waals surface area contributed by atoms with Gasteiger partial charge in [-0.25, -0.2) is 0 Å². The van der Waals surface area contributed by atoms with Gasteiger partial charge < -0.3 is 9.57 Å². The summed E-state index contributed by atoms with van der Waals surface area (Å²) in [6.45, 7) is 13.3. The molecule has 122 valence electrons. The van der Waals surface area contributed by atoms with Crippen LogP contribution in [0.15, 0.2) is 30.8 Å². The average Bonchev–Trinajstić information content (AvgIpc) is 2.43. The molecule has 0 saturated carbocycles. The van der Waals surface area contributed by atoms with Crippen molar-refractivity contribution in [3.8, 4) is 0 Å². The molecule has 1 fully saturated rings. The Morgan fingerprint density at radius 3 is 2.14 bits per heavy atom. The van der Waals surface area contributed by atoms with E-state index in [0.29, 0.717) is 6.61 Å². The van der Waals surface area contributed by atoms with Crippen LogP contribution in [0.25, 0.3) is 6.08 Å². The predicted octanol–water partition coefficient (Wildman–Crippen LogP) is 4.43. The van der Waals surface area contributed by atoms with Gasteiger partial charge in [0.25, 0.3) is 0 Å². The number of hydrogen-bond acceptors (Lipinski definition) is 3. The van der Waals surface area contributed by atoms with E-state index < -0.39 is 0 Å². The molecule has 0 atom stereocenters. The van der Waals surface area contributed by atoms with E-state index >= 15 is 0 Å². The molecule has 1 aromatic rings. The number of benzene rings is 1. The summed E-state index contributed by atoms with van der Waals surface area (Å²) in [6, 6.07) is 8.37. The molecular weight excluding hydrogens is 274 g/mol. The maximum atomic E-state index is 6.20. The molecule has 1 aliphatic heterocycles. The predicted molar refractivity (Wildman–Crippen MR) is 91.4 cm³/mol. The zero-order valence-electron chi connectivity index (χ0n) is 14.6. The smallest absolute Gasteiger partial charge is 0.0720 e. The first-order chi connectivity index (χ1) is 10.3. The molecule has 0 spiro atoms. The maximum Gasteiger partial charge on any atom is 0.0720 e. The lowest BCUT2D eigenvalue weighted by Gasteiger charge is -2.53. The fraction of sp³-hybridized carbons (Fsp3) is 0.579. The van der Waals surface area contributed by atoms with Gasteiger partial charge in [-0.15, -0.1) is 0 Å². The molecule has 3 heteroatoms. The molecule has 0 amide bonds. The number of ether oxygens (including phenoxy) is 1. The van der Waals surface area contributed by atoms with Crippen LogP contribution in [-0.4, -0.2) is 29.4 Å². The van der Waals surface area contributed by atoms with Gasteiger partial charge in [-0.3, -0.25) is 0 Å². The van der Waals surface area contributed by atoms with Gasteiger partial charge in [0.05, 0.1) is 19.8 Å². The van der Waals surface area contributed by atoms with Crippen LogP contribution in [0.2, 0.25) is 0 Å². The normalized spacial score (nSPS) is 21.7. The number of hydroxylamine groups is 2. The summed E-state index contributed by atoms with van der Waals surface area (Å²) in [5.74, 6) is 0. The van der Waals surface area contributed by atoms with Crippen molar-refractivity contribution in [2.24, 2.45) is 0 Å². The molecule has 0 radical (unpaired) electrons. The maximum absolute atomic E-state index is 6.20. The van der Waals surface area contributed by atoms with Crippen molar-refractivity contribution in [3.05, 3.63) is 42.0 Å². The summed E-state index contributed by atoms with van der Waals surface area (Å²) in [4.78, 5) is 5.63. The Morgan fingerprint density at radius 1 is 1.14 bits per heavy atom. The highest BCUT2D eigenvalue weighted by Crippen LogP contribution is 2.39. The molecule has 0 bridgehead atoms. The van der Waals surface area contributed by atoms with E-state index in [1.54, 1.807) is 7.11 Å². The molecule has 0 unspecified atom stereocenters. The average molecular weight is 303 g/mol. The van der Waals surface area contributed by atoms with Crippen LogP contribution < -0.4 is 0 Å². The lowest BCUT2D eigenvalue weighted by Crippen LogP contribution is -2.61. The van der Waals surface area contributed by atoms with Gasteiger partial charge >= 0.3 is 0 Å². The first-order valence-corrected chi connectivity index (χ1v) is 7.96. The van der Waals surface area contributed by atoms with Crippen molar-refractivity contribution in [2.45, 2.75) is 64.3 Å². The zero-order chi connectivity index (χ0) is 16.4. The van der Waals surface area contributed by atoms with Crippen LogP contribution in [-0.2, 0) is 16.2 Å². The van der Waals surface area contributed by atoms with Crippen molar-refractivity contribution in [1.82, 2.24) is 5.06 Å². The van der Waals surface area contributed by atoms with E-state index in [2.05, 4.69) is 63.6 Å². The third-order valence-corrected chi connectivity index (χ3v) is 4.44. The first-order valence-electron chi connectivity index (χ1n) is 7.96. The fourth-order valence-corrected chi connectivity index (χ4v) is 3.75. The molecule has 1 saturated heterocycles. The van der Waals surface area contributed by atoms with Crippen LogP contribution >= 0.6 is 0 Å². The molecule has 0 aromatic heterocycles. The summed E-state index contributed by atoms with van der Waals surface area (Å²) in [6.07, 6.45) is 4.04. The molecule has 3 nitrogen and oxygen atoms in total. The monoisotopic (exact) mass is 303 g/mol. The number of hydrogen-bond donors (Lipinski definition) is 0. The van der Waals surface area contributed by atoms with Gasteiger partial charge in [-0.1, -0.05) is 36.9 Å². The van der Waals surface area contributed by atoms with Crippen LogP contribution in [0, 0.1) is 0 Å². The van der Waals surface area contributed by atoms with Gasteiger partial charge in [0, 0.05) is 11.1 Å². The fourth-order valence-electron chi connectivity index (χ4n) is 3.75. The highest BCUT2D eigenvalue weighted by molar-refractivity contribution is 5.47. The van der Waals surface area contributed by atoms with Gasteiger partial charge in [0.15, 0.2) is 0 Å². The Morgan fingerprint density at radius 2 is 1.68 bits per heavy atom. The van der Waals surface area contributed by atoms with Crippen LogP contribution in [0.3, 0.4) is 0 Å². The van der Waals surface area contributed by atoms with Gasteiger partial charge in [0.2, 0.25) is 0 Å². The van der Waals surface area contributed by atoms with E-state index in [4.69, 9.17) is 9.57 Å². The number of rotatable bonds is 5. The third-order valence-electron chi connectivity index (χ3n) is 4.44. The number of nitrogens with zero attached hydrogens (tertiary/aromatic N) is 1. The highest BCUT2D eigenvalue weighted by atomic mass is 16.7. The standard InChI is InChI=1S/C19H29NO2/c1-7-15-8-10-16(11-9-15)14-22-17-12-18(2,3)20(21-6)19(4,5)13-17/h7-11,17H,1,12-14H2,2-6H3. The molecule has 1 aromatic carbocycles. The minimum Gasteiger partial charge on any atom is -0.373 e. The van der Waals surface area contributed by atoms with Crippen LogP contribution in [0.5, 0.6) is 0 Å². The first kappa shape index (κ1) is 17.2. The van der Waals surface area contributed by atoms with Gasteiger partial charge in [-0.05, 0) is 51.7 Å². The minimum atomic E-state index is -0.0339. The summed E-state index contributed by atoms with van der Waals surface area (Å²) >= 11 is 0. The van der Waals surface area contributed by atoms with Crippen molar-refractivity contribution in [2.75, 3.05) is 7.11 Å². The van der Waals surface area contributed by atoms with E-state index in [1.807, 2.05) is 6.08 Å². The molecule has 1 heterocycles. The van der Waals surface area contributed by atoms with Crippen LogP contribution in [0.1, 0.15) is 51.7 Å². The Hall–Kier alpha value is -1.16. The van der Waals surface area contributed by atoms with E-state index in [9.17, 15) is 0 Å². The summed E-state index contributed by atoms with van der Waals surface area (Å²) in [7, 11) is 1.76.